The largest absolute Gasteiger partial charge is 0.343 e. The molecule has 1 heterocycles. The van der Waals surface area contributed by atoms with Crippen LogP contribution in [0.3, 0.4) is 0 Å². The highest BCUT2D eigenvalue weighted by Crippen LogP contribution is 2.62. The monoisotopic (exact) mass is 387 g/mol. The lowest BCUT2D eigenvalue weighted by atomic mass is 9.68. The van der Waals surface area contributed by atoms with Crippen LogP contribution in [-0.4, -0.2) is 4.57 Å². The van der Waals surface area contributed by atoms with Crippen molar-refractivity contribution in [2.24, 2.45) is 7.05 Å². The molecule has 0 fully saturated rings. The zero-order valence-corrected chi connectivity index (χ0v) is 18.2. The van der Waals surface area contributed by atoms with Crippen LogP contribution in [-0.2, 0) is 17.9 Å². The van der Waals surface area contributed by atoms with E-state index in [9.17, 15) is 0 Å². The van der Waals surface area contributed by atoms with Gasteiger partial charge in [-0.25, -0.2) is 0 Å². The standard InChI is InChI=1S/C29H25N/c1-28(2)18-12-8-11-17-22(18)25-24-19(28)13-9-14-20(24)29(3,4)26(25)23-16-10-6-7-15-21(16)30(5)27(17)23/h6-15H,1-5H3. The van der Waals surface area contributed by atoms with Crippen LogP contribution >= 0.6 is 0 Å². The topological polar surface area (TPSA) is 4.93 Å². The zero-order valence-electron chi connectivity index (χ0n) is 18.2. The number of nitrogens with zero attached hydrogens (tertiary/aromatic N) is 1. The highest BCUT2D eigenvalue weighted by atomic mass is 14.9. The van der Waals surface area contributed by atoms with Gasteiger partial charge in [0.25, 0.3) is 0 Å². The maximum absolute atomic E-state index is 2.43. The van der Waals surface area contributed by atoms with Crippen LogP contribution in [0.5, 0.6) is 0 Å². The third-order valence-electron chi connectivity index (χ3n) is 8.14. The second kappa shape index (κ2) is 4.81. The molecule has 146 valence electrons. The molecule has 0 saturated heterocycles. The molecule has 0 aliphatic heterocycles. The number of aromatic nitrogens is 1. The van der Waals surface area contributed by atoms with Crippen LogP contribution in [0, 0.1) is 0 Å². The normalized spacial score (nSPS) is 17.4. The molecule has 0 radical (unpaired) electrons. The summed E-state index contributed by atoms with van der Waals surface area (Å²) in [7, 11) is 2.24. The van der Waals surface area contributed by atoms with Crippen LogP contribution in [0.2, 0.25) is 0 Å². The van der Waals surface area contributed by atoms with Crippen molar-refractivity contribution in [1.82, 2.24) is 4.57 Å². The molecule has 0 bridgehead atoms. The second-order valence-electron chi connectivity index (χ2n) is 10.3. The number of rotatable bonds is 0. The first-order valence-corrected chi connectivity index (χ1v) is 11.0. The van der Waals surface area contributed by atoms with Crippen molar-refractivity contribution in [1.29, 1.82) is 0 Å². The average Bonchev–Trinajstić information content (AvgIpc) is 3.16. The number of hydrogen-bond donors (Lipinski definition) is 0. The van der Waals surface area contributed by atoms with Gasteiger partial charge in [-0.3, -0.25) is 0 Å². The number of benzene rings is 4. The van der Waals surface area contributed by atoms with Crippen molar-refractivity contribution in [3.63, 3.8) is 0 Å². The molecule has 5 aromatic rings. The van der Waals surface area contributed by atoms with E-state index in [2.05, 4.69) is 100.0 Å². The number of para-hydroxylation sites is 1. The van der Waals surface area contributed by atoms with E-state index < -0.39 is 0 Å². The minimum atomic E-state index is -0.0230. The molecule has 2 aliphatic carbocycles. The van der Waals surface area contributed by atoms with E-state index in [1.165, 1.54) is 66.0 Å². The fourth-order valence-corrected chi connectivity index (χ4v) is 6.77. The number of hydrogen-bond acceptors (Lipinski definition) is 0. The summed E-state index contributed by atoms with van der Waals surface area (Å²) in [6.07, 6.45) is 0. The summed E-state index contributed by atoms with van der Waals surface area (Å²) in [5, 5.41) is 5.69. The molecular weight excluding hydrogens is 362 g/mol. The van der Waals surface area contributed by atoms with Gasteiger partial charge in [0.1, 0.15) is 0 Å². The van der Waals surface area contributed by atoms with Gasteiger partial charge >= 0.3 is 0 Å². The van der Waals surface area contributed by atoms with E-state index in [1.54, 1.807) is 0 Å². The molecule has 1 heteroatoms. The number of aryl methyl sites for hydroxylation is 1. The Morgan fingerprint density at radius 2 is 1.23 bits per heavy atom. The lowest BCUT2D eigenvalue weighted by molar-refractivity contribution is 0.640. The van der Waals surface area contributed by atoms with Crippen LogP contribution in [0.15, 0.2) is 60.7 Å². The van der Waals surface area contributed by atoms with Gasteiger partial charge in [0.15, 0.2) is 0 Å². The van der Waals surface area contributed by atoms with Gasteiger partial charge < -0.3 is 4.57 Å². The predicted octanol–water partition coefficient (Wildman–Crippen LogP) is 7.43. The fraction of sp³-hybridized carbons (Fsp3) is 0.241. The van der Waals surface area contributed by atoms with E-state index in [4.69, 9.17) is 0 Å². The molecule has 1 nitrogen and oxygen atoms in total. The molecule has 0 saturated carbocycles. The highest BCUT2D eigenvalue weighted by Gasteiger charge is 2.46. The van der Waals surface area contributed by atoms with Crippen molar-refractivity contribution in [3.8, 4) is 11.1 Å². The third kappa shape index (κ3) is 1.55. The van der Waals surface area contributed by atoms with Gasteiger partial charge in [-0.2, -0.15) is 0 Å². The van der Waals surface area contributed by atoms with Gasteiger partial charge in [0.2, 0.25) is 0 Å². The lowest BCUT2D eigenvalue weighted by Gasteiger charge is -2.35. The SMILES string of the molecule is Cn1c2ccccc2c2c3c4c5c(cccc5c21)C(C)(C)c1cccc(c1-4)C3(C)C. The molecule has 30 heavy (non-hydrogen) atoms. The summed E-state index contributed by atoms with van der Waals surface area (Å²) in [5.41, 5.74) is 11.6. The van der Waals surface area contributed by atoms with E-state index in [0.717, 1.165) is 0 Å². The molecule has 0 spiro atoms. The summed E-state index contributed by atoms with van der Waals surface area (Å²) >= 11 is 0. The first-order valence-electron chi connectivity index (χ1n) is 11.0. The molecule has 1 aromatic heterocycles. The van der Waals surface area contributed by atoms with Crippen molar-refractivity contribution in [3.05, 3.63) is 82.9 Å². The molecule has 7 rings (SSSR count). The van der Waals surface area contributed by atoms with Crippen molar-refractivity contribution < 1.29 is 0 Å². The molecule has 0 atom stereocenters. The molecule has 0 N–H and O–H groups in total. The van der Waals surface area contributed by atoms with Gasteiger partial charge in [-0.1, -0.05) is 82.3 Å². The summed E-state index contributed by atoms with van der Waals surface area (Å²) in [5.74, 6) is 0. The molecule has 0 unspecified atom stereocenters. The van der Waals surface area contributed by atoms with E-state index in [-0.39, 0.29) is 10.8 Å². The quantitative estimate of drug-likeness (QED) is 0.260. The Balaban J connectivity index is 1.92. The Morgan fingerprint density at radius 3 is 2.03 bits per heavy atom. The van der Waals surface area contributed by atoms with Gasteiger partial charge in [0, 0.05) is 39.6 Å². The molecule has 2 aliphatic rings. The fourth-order valence-electron chi connectivity index (χ4n) is 6.77. The highest BCUT2D eigenvalue weighted by molar-refractivity contribution is 6.26. The Labute approximate surface area is 176 Å². The zero-order chi connectivity index (χ0) is 20.6. The van der Waals surface area contributed by atoms with Crippen LogP contribution in [0.25, 0.3) is 43.7 Å². The van der Waals surface area contributed by atoms with Gasteiger partial charge in [0.05, 0.1) is 5.52 Å². The van der Waals surface area contributed by atoms with Crippen molar-refractivity contribution in [2.45, 2.75) is 38.5 Å². The smallest absolute Gasteiger partial charge is 0.0572 e. The maximum atomic E-state index is 2.43. The van der Waals surface area contributed by atoms with E-state index in [1.807, 2.05) is 0 Å². The maximum Gasteiger partial charge on any atom is 0.0572 e. The van der Waals surface area contributed by atoms with Gasteiger partial charge in [-0.15, -0.1) is 0 Å². The summed E-state index contributed by atoms with van der Waals surface area (Å²) in [6.45, 7) is 9.65. The number of fused-ring (bicyclic) bond motifs is 5. The van der Waals surface area contributed by atoms with Crippen molar-refractivity contribution >= 4 is 32.6 Å². The van der Waals surface area contributed by atoms with Gasteiger partial charge in [-0.05, 0) is 44.8 Å². The first kappa shape index (κ1) is 16.7. The lowest BCUT2D eigenvalue weighted by Crippen LogP contribution is -2.23. The third-order valence-corrected chi connectivity index (χ3v) is 8.14. The molecule has 4 aromatic carbocycles. The Hall–Kier alpha value is -3.06. The van der Waals surface area contributed by atoms with E-state index in [0.29, 0.717) is 0 Å². The Morgan fingerprint density at radius 1 is 0.600 bits per heavy atom. The molecule has 0 amide bonds. The van der Waals surface area contributed by atoms with E-state index >= 15 is 0 Å². The average molecular weight is 388 g/mol. The van der Waals surface area contributed by atoms with Crippen molar-refractivity contribution in [2.75, 3.05) is 0 Å². The summed E-state index contributed by atoms with van der Waals surface area (Å²) in [4.78, 5) is 0. The van der Waals surface area contributed by atoms with Crippen LogP contribution in [0.1, 0.15) is 49.9 Å². The summed E-state index contributed by atoms with van der Waals surface area (Å²) in [6, 6.07) is 22.9. The first-order chi connectivity index (χ1) is 14.3. The second-order valence-corrected chi connectivity index (χ2v) is 10.3. The van der Waals surface area contributed by atoms with Crippen LogP contribution < -0.4 is 0 Å². The minimum absolute atomic E-state index is 0.00614. The minimum Gasteiger partial charge on any atom is -0.343 e. The molecular formula is C29H25N. The van der Waals surface area contributed by atoms with Crippen LogP contribution in [0.4, 0.5) is 0 Å². The Bertz CT molecular complexity index is 1590. The predicted molar refractivity (Wildman–Crippen MR) is 128 cm³/mol. The summed E-state index contributed by atoms with van der Waals surface area (Å²) < 4.78 is 2.42. The Kier molecular flexibility index (Phi) is 2.68.